The predicted molar refractivity (Wildman–Crippen MR) is 119 cm³/mol. The van der Waals surface area contributed by atoms with Crippen LogP contribution in [0.25, 0.3) is 16.7 Å². The zero-order valence-corrected chi connectivity index (χ0v) is 17.6. The number of anilines is 1. The minimum Gasteiger partial charge on any atom is -0.309 e. The molecule has 0 spiro atoms. The first kappa shape index (κ1) is 20.1. The number of aromatic nitrogens is 4. The Labute approximate surface area is 183 Å². The summed E-state index contributed by atoms with van der Waals surface area (Å²) in [5, 5.41) is 4.71. The lowest BCUT2D eigenvalue weighted by atomic mass is 9.96. The first-order valence-electron chi connectivity index (χ1n) is 10.6. The largest absolute Gasteiger partial charge is 0.309 e. The van der Waals surface area contributed by atoms with Crippen LogP contribution in [-0.4, -0.2) is 31.3 Å². The van der Waals surface area contributed by atoms with Crippen molar-refractivity contribution < 1.29 is 9.18 Å². The summed E-state index contributed by atoms with van der Waals surface area (Å²) in [6, 6.07) is 14.0. The van der Waals surface area contributed by atoms with E-state index in [-0.39, 0.29) is 36.3 Å². The van der Waals surface area contributed by atoms with Crippen molar-refractivity contribution in [2.75, 3.05) is 4.90 Å². The highest BCUT2D eigenvalue weighted by molar-refractivity contribution is 5.95. The van der Waals surface area contributed by atoms with Crippen LogP contribution in [0.3, 0.4) is 0 Å². The van der Waals surface area contributed by atoms with Crippen LogP contribution < -0.4 is 10.5 Å². The zero-order chi connectivity index (χ0) is 22.2. The number of rotatable bonds is 4. The minimum atomic E-state index is -0.298. The van der Waals surface area contributed by atoms with Crippen LogP contribution in [-0.2, 0) is 17.8 Å². The third-order valence-electron chi connectivity index (χ3n) is 5.96. The van der Waals surface area contributed by atoms with Gasteiger partial charge in [-0.2, -0.15) is 5.10 Å². The van der Waals surface area contributed by atoms with Crippen molar-refractivity contribution in [2.24, 2.45) is 0 Å². The molecule has 5 rings (SSSR count). The van der Waals surface area contributed by atoms with Gasteiger partial charge in [-0.25, -0.2) is 14.1 Å². The number of halogens is 1. The SMILES string of the molecule is CC1CCc2cc(F)ccc2N1C(=O)CCn1cnc2c(cnn2-c2ccccc2)c1=O. The summed E-state index contributed by atoms with van der Waals surface area (Å²) in [5.41, 5.74) is 2.64. The molecule has 3 heterocycles. The number of nitrogens with zero attached hydrogens (tertiary/aromatic N) is 5. The quantitative estimate of drug-likeness (QED) is 0.496. The average Bonchev–Trinajstić information content (AvgIpc) is 3.24. The Morgan fingerprint density at radius 1 is 1.19 bits per heavy atom. The molecule has 7 nitrogen and oxygen atoms in total. The first-order chi connectivity index (χ1) is 15.5. The average molecular weight is 431 g/mol. The molecule has 2 aromatic carbocycles. The summed E-state index contributed by atoms with van der Waals surface area (Å²) < 4.78 is 16.7. The van der Waals surface area contributed by atoms with E-state index >= 15 is 0 Å². The van der Waals surface area contributed by atoms with Crippen LogP contribution in [0, 0.1) is 5.82 Å². The summed E-state index contributed by atoms with van der Waals surface area (Å²) in [4.78, 5) is 32.2. The van der Waals surface area contributed by atoms with Crippen LogP contribution in [0.4, 0.5) is 10.1 Å². The maximum Gasteiger partial charge on any atom is 0.264 e. The molecule has 1 unspecified atom stereocenters. The number of para-hydroxylation sites is 1. The molecular formula is C24H22FN5O2. The number of amides is 1. The van der Waals surface area contributed by atoms with E-state index in [1.54, 1.807) is 15.6 Å². The van der Waals surface area contributed by atoms with Crippen molar-refractivity contribution in [1.29, 1.82) is 0 Å². The van der Waals surface area contributed by atoms with Gasteiger partial charge in [-0.3, -0.25) is 14.2 Å². The highest BCUT2D eigenvalue weighted by Gasteiger charge is 2.28. The molecule has 2 aromatic heterocycles. The molecule has 0 saturated carbocycles. The van der Waals surface area contributed by atoms with E-state index in [2.05, 4.69) is 10.1 Å². The Balaban J connectivity index is 1.39. The van der Waals surface area contributed by atoms with Gasteiger partial charge in [0.05, 0.1) is 18.2 Å². The van der Waals surface area contributed by atoms with Gasteiger partial charge in [-0.1, -0.05) is 18.2 Å². The molecule has 1 atom stereocenters. The third kappa shape index (κ3) is 3.47. The Bertz CT molecular complexity index is 1360. The molecular weight excluding hydrogens is 409 g/mol. The summed E-state index contributed by atoms with van der Waals surface area (Å²) in [7, 11) is 0. The van der Waals surface area contributed by atoms with Crippen molar-refractivity contribution in [3.63, 3.8) is 0 Å². The Morgan fingerprint density at radius 2 is 2.00 bits per heavy atom. The topological polar surface area (TPSA) is 73.0 Å². The maximum atomic E-state index is 13.6. The van der Waals surface area contributed by atoms with Gasteiger partial charge in [0.25, 0.3) is 5.56 Å². The second kappa shape index (κ2) is 8.03. The molecule has 0 N–H and O–H groups in total. The molecule has 4 aromatic rings. The Hall–Kier alpha value is -3.81. The van der Waals surface area contributed by atoms with Crippen molar-refractivity contribution in [2.45, 2.75) is 38.8 Å². The van der Waals surface area contributed by atoms with Crippen LogP contribution in [0.1, 0.15) is 25.3 Å². The van der Waals surface area contributed by atoms with Gasteiger partial charge in [0.15, 0.2) is 5.65 Å². The minimum absolute atomic E-state index is 0.0156. The van der Waals surface area contributed by atoms with E-state index in [0.29, 0.717) is 11.0 Å². The highest BCUT2D eigenvalue weighted by atomic mass is 19.1. The molecule has 1 amide bonds. The van der Waals surface area contributed by atoms with Gasteiger partial charge in [0, 0.05) is 24.7 Å². The molecule has 0 saturated heterocycles. The van der Waals surface area contributed by atoms with E-state index in [4.69, 9.17) is 0 Å². The molecule has 1 aliphatic rings. The molecule has 1 aliphatic heterocycles. The fraction of sp³-hybridized carbons (Fsp3) is 0.250. The van der Waals surface area contributed by atoms with Crippen LogP contribution in [0.2, 0.25) is 0 Å². The fourth-order valence-corrected chi connectivity index (χ4v) is 4.30. The smallest absolute Gasteiger partial charge is 0.264 e. The monoisotopic (exact) mass is 431 g/mol. The van der Waals surface area contributed by atoms with Gasteiger partial charge in [0.1, 0.15) is 11.2 Å². The first-order valence-corrected chi connectivity index (χ1v) is 10.6. The van der Waals surface area contributed by atoms with Crippen molar-refractivity contribution in [3.05, 3.63) is 82.8 Å². The number of fused-ring (bicyclic) bond motifs is 2. The van der Waals surface area contributed by atoms with Gasteiger partial charge in [-0.05, 0) is 55.7 Å². The molecule has 162 valence electrons. The molecule has 0 bridgehead atoms. The number of carbonyl (C=O) groups excluding carboxylic acids is 1. The maximum absolute atomic E-state index is 13.6. The number of benzene rings is 2. The summed E-state index contributed by atoms with van der Waals surface area (Å²) in [6.07, 6.45) is 4.62. The van der Waals surface area contributed by atoms with Gasteiger partial charge < -0.3 is 4.90 Å². The lowest BCUT2D eigenvalue weighted by Crippen LogP contribution is -2.42. The lowest BCUT2D eigenvalue weighted by molar-refractivity contribution is -0.119. The summed E-state index contributed by atoms with van der Waals surface area (Å²) >= 11 is 0. The second-order valence-electron chi connectivity index (χ2n) is 8.05. The number of hydrogen-bond acceptors (Lipinski definition) is 4. The predicted octanol–water partition coefficient (Wildman–Crippen LogP) is 3.48. The van der Waals surface area contributed by atoms with E-state index < -0.39 is 0 Å². The van der Waals surface area contributed by atoms with Crippen LogP contribution >= 0.6 is 0 Å². The van der Waals surface area contributed by atoms with E-state index in [0.717, 1.165) is 29.8 Å². The zero-order valence-electron chi connectivity index (χ0n) is 17.6. The summed E-state index contributed by atoms with van der Waals surface area (Å²) in [5.74, 6) is -0.398. The van der Waals surface area contributed by atoms with Crippen LogP contribution in [0.15, 0.2) is 65.8 Å². The molecule has 0 aliphatic carbocycles. The van der Waals surface area contributed by atoms with E-state index in [9.17, 15) is 14.0 Å². The fourth-order valence-electron chi connectivity index (χ4n) is 4.30. The lowest BCUT2D eigenvalue weighted by Gasteiger charge is -2.35. The number of carbonyl (C=O) groups is 1. The van der Waals surface area contributed by atoms with Gasteiger partial charge in [0.2, 0.25) is 5.91 Å². The van der Waals surface area contributed by atoms with Gasteiger partial charge in [-0.15, -0.1) is 0 Å². The number of hydrogen-bond donors (Lipinski definition) is 0. The Morgan fingerprint density at radius 3 is 2.81 bits per heavy atom. The third-order valence-corrected chi connectivity index (χ3v) is 5.96. The molecule has 0 fully saturated rings. The molecule has 32 heavy (non-hydrogen) atoms. The van der Waals surface area contributed by atoms with Crippen molar-refractivity contribution in [1.82, 2.24) is 19.3 Å². The second-order valence-corrected chi connectivity index (χ2v) is 8.05. The van der Waals surface area contributed by atoms with Crippen molar-refractivity contribution >= 4 is 22.6 Å². The highest BCUT2D eigenvalue weighted by Crippen LogP contribution is 2.31. The summed E-state index contributed by atoms with van der Waals surface area (Å²) in [6.45, 7) is 2.19. The van der Waals surface area contributed by atoms with E-state index in [1.807, 2.05) is 37.3 Å². The van der Waals surface area contributed by atoms with Crippen LogP contribution in [0.5, 0.6) is 0 Å². The number of aryl methyl sites for hydroxylation is 2. The molecule has 0 radical (unpaired) electrons. The van der Waals surface area contributed by atoms with Crippen molar-refractivity contribution in [3.8, 4) is 5.69 Å². The standard InChI is InChI=1S/C24H22FN5O2/c1-16-7-8-17-13-18(25)9-10-21(17)29(16)22(31)11-12-28-15-26-23-20(24(28)32)14-27-30(23)19-5-3-2-4-6-19/h2-6,9-10,13-16H,7-8,11-12H2,1H3. The Kier molecular flexibility index (Phi) is 5.05. The molecule has 8 heteroatoms. The van der Waals surface area contributed by atoms with E-state index in [1.165, 1.54) is 29.2 Å². The normalized spacial score (nSPS) is 15.7. The van der Waals surface area contributed by atoms with Gasteiger partial charge >= 0.3 is 0 Å².